The minimum absolute atomic E-state index is 0.0216. The number of ether oxygens (including phenoxy) is 1. The van der Waals surface area contributed by atoms with E-state index in [9.17, 15) is 19.5 Å². The van der Waals surface area contributed by atoms with Gasteiger partial charge in [0.15, 0.2) is 20.9 Å². The molecule has 2 fully saturated rings. The van der Waals surface area contributed by atoms with Crippen LogP contribution in [0.2, 0.25) is 0 Å². The van der Waals surface area contributed by atoms with E-state index in [1.807, 2.05) is 0 Å². The van der Waals surface area contributed by atoms with Crippen molar-refractivity contribution in [1.82, 2.24) is 25.4 Å². The largest absolute Gasteiger partial charge is 0.492 e. The highest BCUT2D eigenvalue weighted by Crippen LogP contribution is 2.35. The molecule has 35 heavy (non-hydrogen) atoms. The van der Waals surface area contributed by atoms with Crippen molar-refractivity contribution in [2.24, 2.45) is 11.1 Å². The van der Waals surface area contributed by atoms with Gasteiger partial charge in [0.25, 0.3) is 11.8 Å². The minimum atomic E-state index is -1.30. The number of aliphatic carboxylic acids is 1. The number of carbonyl (C=O) groups is 3. The number of rotatable bonds is 10. The van der Waals surface area contributed by atoms with E-state index in [4.69, 9.17) is 15.3 Å². The number of oxime groups is 1. The van der Waals surface area contributed by atoms with Gasteiger partial charge in [-0.3, -0.25) is 14.5 Å². The molecule has 2 aliphatic heterocycles. The Morgan fingerprint density at radius 2 is 2.23 bits per heavy atom. The number of thiazole rings is 1. The normalized spacial score (nSPS) is 21.8. The van der Waals surface area contributed by atoms with Gasteiger partial charge in [-0.1, -0.05) is 28.3 Å². The summed E-state index contributed by atoms with van der Waals surface area (Å²) in [5, 5.41) is 25.8. The number of fused-ring (bicyclic) bond motifs is 1. The maximum atomic E-state index is 13.0. The van der Waals surface area contributed by atoms with Crippen molar-refractivity contribution in [2.75, 3.05) is 24.7 Å². The Labute approximate surface area is 210 Å². The first kappa shape index (κ1) is 23.5. The van der Waals surface area contributed by atoms with E-state index in [0.717, 1.165) is 29.1 Å². The van der Waals surface area contributed by atoms with Gasteiger partial charge in [-0.25, -0.2) is 9.78 Å². The number of aromatic nitrogens is 3. The summed E-state index contributed by atoms with van der Waals surface area (Å²) >= 11 is 3.71. The standard InChI is InChI=1S/C19H19N7O6S3/c20-18-22-9(5-33-18)12(25-32-3-8-1-2-8)15(27)23-13-10-4-31-11(6-34-19-24-21-7-35-19)14(17(29)30)26(10)16(13)28/h5,7-8,10,13H,1-4,6H2,(H2,20,22)(H,23,27)(H,29,30)/b25-12-. The van der Waals surface area contributed by atoms with E-state index in [-0.39, 0.29) is 40.4 Å². The molecule has 5 rings (SSSR count). The van der Waals surface area contributed by atoms with E-state index >= 15 is 0 Å². The summed E-state index contributed by atoms with van der Waals surface area (Å²) in [4.78, 5) is 48.5. The fraction of sp³-hybridized carbons (Fsp3) is 0.421. The number of hydrogen-bond donors (Lipinski definition) is 3. The van der Waals surface area contributed by atoms with Crippen molar-refractivity contribution in [1.29, 1.82) is 0 Å². The van der Waals surface area contributed by atoms with E-state index in [1.165, 1.54) is 23.1 Å². The molecule has 184 valence electrons. The second kappa shape index (κ2) is 9.79. The number of carbonyl (C=O) groups excluding carboxylic acids is 2. The van der Waals surface area contributed by atoms with Crippen LogP contribution in [0.4, 0.5) is 5.13 Å². The first-order valence-corrected chi connectivity index (χ1v) is 13.2. The smallest absolute Gasteiger partial charge is 0.356 e. The molecule has 16 heteroatoms. The molecule has 0 aromatic carbocycles. The molecule has 13 nitrogen and oxygen atoms in total. The molecule has 2 aromatic heterocycles. The van der Waals surface area contributed by atoms with Crippen molar-refractivity contribution in [3.8, 4) is 0 Å². The monoisotopic (exact) mass is 537 g/mol. The molecule has 1 saturated carbocycles. The molecule has 0 bridgehead atoms. The summed E-state index contributed by atoms with van der Waals surface area (Å²) in [5.74, 6) is -1.79. The zero-order chi connectivity index (χ0) is 24.5. The summed E-state index contributed by atoms with van der Waals surface area (Å²) in [5.41, 5.74) is 7.13. The van der Waals surface area contributed by atoms with Crippen molar-refractivity contribution in [2.45, 2.75) is 29.3 Å². The summed E-state index contributed by atoms with van der Waals surface area (Å²) < 4.78 is 6.34. The average molecular weight is 538 g/mol. The fourth-order valence-corrected chi connectivity index (χ4v) is 5.51. The van der Waals surface area contributed by atoms with Crippen LogP contribution in [0.5, 0.6) is 0 Å². The van der Waals surface area contributed by atoms with Gasteiger partial charge >= 0.3 is 5.97 Å². The average Bonchev–Trinajstić information content (AvgIpc) is 3.32. The zero-order valence-electron chi connectivity index (χ0n) is 17.9. The van der Waals surface area contributed by atoms with Crippen LogP contribution >= 0.6 is 34.4 Å². The maximum Gasteiger partial charge on any atom is 0.356 e. The lowest BCUT2D eigenvalue weighted by Gasteiger charge is -2.49. The topological polar surface area (TPSA) is 182 Å². The second-order valence-electron chi connectivity index (χ2n) is 7.86. The Hall–Kier alpha value is -3.24. The van der Waals surface area contributed by atoms with E-state index < -0.39 is 29.9 Å². The van der Waals surface area contributed by atoms with E-state index in [0.29, 0.717) is 16.9 Å². The van der Waals surface area contributed by atoms with Crippen LogP contribution in [0.1, 0.15) is 18.5 Å². The van der Waals surface area contributed by atoms with Gasteiger partial charge in [-0.2, -0.15) is 0 Å². The zero-order valence-corrected chi connectivity index (χ0v) is 20.4. The fourth-order valence-electron chi connectivity index (χ4n) is 3.53. The SMILES string of the molecule is Nc1nc(/C(=N/OCC2CC2)C(=O)NC2C(=O)N3C(C(=O)O)=C(CSc4nncs4)OCC23)cs1. The lowest BCUT2D eigenvalue weighted by Crippen LogP contribution is -2.73. The van der Waals surface area contributed by atoms with E-state index in [2.05, 4.69) is 25.7 Å². The molecule has 2 amide bonds. The number of carboxylic acid groups (broad SMARTS) is 1. The van der Waals surface area contributed by atoms with Crippen LogP contribution in [0, 0.1) is 5.92 Å². The Bertz CT molecular complexity index is 1210. The molecule has 3 aliphatic rings. The lowest BCUT2D eigenvalue weighted by atomic mass is 9.92. The summed E-state index contributed by atoms with van der Waals surface area (Å²) in [6.45, 7) is 0.404. The number of hydrogen-bond acceptors (Lipinski definition) is 13. The predicted molar refractivity (Wildman–Crippen MR) is 126 cm³/mol. The number of nitrogens with zero attached hydrogens (tertiary/aromatic N) is 5. The molecular weight excluding hydrogens is 518 g/mol. The van der Waals surface area contributed by atoms with Gasteiger partial charge in [0.05, 0.1) is 5.75 Å². The number of nitrogen functional groups attached to an aromatic ring is 1. The highest BCUT2D eigenvalue weighted by Gasteiger charge is 2.55. The third-order valence-corrected chi connectivity index (χ3v) is 7.99. The van der Waals surface area contributed by atoms with Crippen LogP contribution in [0.15, 0.2) is 31.8 Å². The van der Waals surface area contributed by atoms with Crippen LogP contribution in [0.3, 0.4) is 0 Å². The predicted octanol–water partition coefficient (Wildman–Crippen LogP) is 0.522. The quantitative estimate of drug-likeness (QED) is 0.166. The number of anilines is 1. The van der Waals surface area contributed by atoms with E-state index in [1.54, 1.807) is 10.9 Å². The third kappa shape index (κ3) is 4.94. The van der Waals surface area contributed by atoms with Gasteiger partial charge < -0.3 is 25.7 Å². The maximum absolute atomic E-state index is 13.0. The van der Waals surface area contributed by atoms with Crippen LogP contribution in [-0.2, 0) is 24.0 Å². The third-order valence-electron chi connectivity index (χ3n) is 5.45. The summed E-state index contributed by atoms with van der Waals surface area (Å²) in [6.07, 6.45) is 2.10. The molecule has 0 spiro atoms. The number of β-lactam (4-membered cyclic amide) rings is 1. The van der Waals surface area contributed by atoms with Gasteiger partial charge in [0.1, 0.15) is 42.3 Å². The van der Waals surface area contributed by atoms with Gasteiger partial charge in [0, 0.05) is 5.38 Å². The molecule has 4 heterocycles. The van der Waals surface area contributed by atoms with Crippen LogP contribution < -0.4 is 11.1 Å². The Morgan fingerprint density at radius 3 is 2.89 bits per heavy atom. The molecular formula is C19H19N7O6S3. The van der Waals surface area contributed by atoms with Gasteiger partial charge in [0.2, 0.25) is 0 Å². The van der Waals surface area contributed by atoms with Gasteiger partial charge in [-0.05, 0) is 18.8 Å². The van der Waals surface area contributed by atoms with Crippen LogP contribution in [0.25, 0.3) is 0 Å². The minimum Gasteiger partial charge on any atom is -0.492 e. The Balaban J connectivity index is 1.29. The van der Waals surface area contributed by atoms with Crippen molar-refractivity contribution in [3.63, 3.8) is 0 Å². The molecule has 1 aliphatic carbocycles. The van der Waals surface area contributed by atoms with Crippen molar-refractivity contribution in [3.05, 3.63) is 28.0 Å². The summed E-state index contributed by atoms with van der Waals surface area (Å²) in [6, 6.07) is -1.67. The number of amides is 2. The highest BCUT2D eigenvalue weighted by atomic mass is 32.2. The Morgan fingerprint density at radius 1 is 1.40 bits per heavy atom. The Kier molecular flexibility index (Phi) is 6.57. The molecule has 4 N–H and O–H groups in total. The van der Waals surface area contributed by atoms with Gasteiger partial charge in [-0.15, -0.1) is 21.5 Å². The number of nitrogens with one attached hydrogen (secondary N) is 1. The first-order chi connectivity index (χ1) is 16.9. The van der Waals surface area contributed by atoms with Crippen molar-refractivity contribution < 1.29 is 29.1 Å². The molecule has 0 radical (unpaired) electrons. The van der Waals surface area contributed by atoms with Crippen LogP contribution in [-0.4, -0.2) is 79.7 Å². The molecule has 2 unspecified atom stereocenters. The summed E-state index contributed by atoms with van der Waals surface area (Å²) in [7, 11) is 0. The number of thioether (sulfide) groups is 1. The number of nitrogens with two attached hydrogens (primary N) is 1. The highest BCUT2D eigenvalue weighted by molar-refractivity contribution is 8.01. The molecule has 2 atom stereocenters. The second-order valence-corrected chi connectivity index (χ2v) is 10.8. The molecule has 1 saturated heterocycles. The number of carboxylic acids is 1. The first-order valence-electron chi connectivity index (χ1n) is 10.5. The lowest BCUT2D eigenvalue weighted by molar-refractivity contribution is -0.160. The molecule has 2 aromatic rings. The van der Waals surface area contributed by atoms with Crippen molar-refractivity contribution >= 4 is 63.1 Å².